The van der Waals surface area contributed by atoms with E-state index in [9.17, 15) is 10.1 Å². The van der Waals surface area contributed by atoms with E-state index in [1.54, 1.807) is 30.5 Å². The Morgan fingerprint density at radius 1 is 1.08 bits per heavy atom. The van der Waals surface area contributed by atoms with Crippen molar-refractivity contribution in [3.05, 3.63) is 70.4 Å². The molecule has 0 unspecified atom stereocenters. The van der Waals surface area contributed by atoms with Crippen LogP contribution in [0.2, 0.25) is 0 Å². The zero-order chi connectivity index (χ0) is 18.0. The normalized spacial score (nSPS) is 10.7. The van der Waals surface area contributed by atoms with Gasteiger partial charge in [0.2, 0.25) is 0 Å². The summed E-state index contributed by atoms with van der Waals surface area (Å²) in [5.74, 6) is 0. The van der Waals surface area contributed by atoms with Gasteiger partial charge in [0.25, 0.3) is 5.69 Å². The lowest BCUT2D eigenvalue weighted by molar-refractivity contribution is -0.383. The SMILES string of the molecule is CN(C)c1cccc(CN(C)c2ccc([N+](=O)[O-])c3cccnc23)c1. The van der Waals surface area contributed by atoms with Crippen LogP contribution in [0.4, 0.5) is 17.1 Å². The van der Waals surface area contributed by atoms with E-state index in [0.29, 0.717) is 17.4 Å². The van der Waals surface area contributed by atoms with Gasteiger partial charge in [0, 0.05) is 45.6 Å². The molecule has 3 rings (SSSR count). The maximum atomic E-state index is 11.2. The van der Waals surface area contributed by atoms with Gasteiger partial charge in [-0.1, -0.05) is 12.1 Å². The van der Waals surface area contributed by atoms with Crippen molar-refractivity contribution in [2.24, 2.45) is 0 Å². The standard InChI is InChI=1S/C19H20N4O2/c1-21(2)15-7-4-6-14(12-15)13-22(3)18-10-9-17(23(24)25)16-8-5-11-20-19(16)18/h4-12H,13H2,1-3H3. The van der Waals surface area contributed by atoms with Crippen LogP contribution in [-0.2, 0) is 6.54 Å². The quantitative estimate of drug-likeness (QED) is 0.523. The highest BCUT2D eigenvalue weighted by Crippen LogP contribution is 2.32. The number of hydrogen-bond donors (Lipinski definition) is 0. The van der Waals surface area contributed by atoms with Gasteiger partial charge in [-0.05, 0) is 35.9 Å². The molecule has 1 heterocycles. The van der Waals surface area contributed by atoms with E-state index < -0.39 is 0 Å². The van der Waals surface area contributed by atoms with Crippen molar-refractivity contribution >= 4 is 28.0 Å². The Balaban J connectivity index is 1.98. The monoisotopic (exact) mass is 336 g/mol. The Bertz CT molecular complexity index is 924. The van der Waals surface area contributed by atoms with Crippen LogP contribution in [-0.4, -0.2) is 31.1 Å². The summed E-state index contributed by atoms with van der Waals surface area (Å²) >= 11 is 0. The fraction of sp³-hybridized carbons (Fsp3) is 0.211. The predicted octanol–water partition coefficient (Wildman–Crippen LogP) is 3.85. The summed E-state index contributed by atoms with van der Waals surface area (Å²) in [4.78, 5) is 19.4. The summed E-state index contributed by atoms with van der Waals surface area (Å²) in [6.07, 6.45) is 1.66. The molecule has 3 aromatic rings. The van der Waals surface area contributed by atoms with Crippen molar-refractivity contribution in [3.8, 4) is 0 Å². The molecule has 0 fully saturated rings. The Morgan fingerprint density at radius 2 is 1.88 bits per heavy atom. The molecule has 6 heteroatoms. The lowest BCUT2D eigenvalue weighted by Crippen LogP contribution is -2.17. The van der Waals surface area contributed by atoms with Gasteiger partial charge in [0.15, 0.2) is 0 Å². The summed E-state index contributed by atoms with van der Waals surface area (Å²) < 4.78 is 0. The summed E-state index contributed by atoms with van der Waals surface area (Å²) in [7, 11) is 5.99. The highest BCUT2D eigenvalue weighted by atomic mass is 16.6. The summed E-state index contributed by atoms with van der Waals surface area (Å²) in [6, 6.07) is 15.1. The first-order valence-electron chi connectivity index (χ1n) is 7.97. The lowest BCUT2D eigenvalue weighted by atomic mass is 10.1. The number of hydrogen-bond acceptors (Lipinski definition) is 5. The Hall–Kier alpha value is -3.15. The summed E-state index contributed by atoms with van der Waals surface area (Å²) in [6.45, 7) is 0.686. The number of benzene rings is 2. The molecule has 25 heavy (non-hydrogen) atoms. The molecule has 0 atom stereocenters. The molecule has 0 radical (unpaired) electrons. The average Bonchev–Trinajstić information content (AvgIpc) is 2.60. The smallest absolute Gasteiger partial charge is 0.278 e. The van der Waals surface area contributed by atoms with E-state index in [1.807, 2.05) is 27.2 Å². The number of non-ortho nitro benzene ring substituents is 1. The highest BCUT2D eigenvalue weighted by molar-refractivity contribution is 5.97. The van der Waals surface area contributed by atoms with Crippen molar-refractivity contribution in [3.63, 3.8) is 0 Å². The first-order valence-corrected chi connectivity index (χ1v) is 7.97. The van der Waals surface area contributed by atoms with E-state index in [4.69, 9.17) is 0 Å². The molecule has 0 spiro atoms. The van der Waals surface area contributed by atoms with E-state index in [2.05, 4.69) is 33.0 Å². The number of rotatable bonds is 5. The van der Waals surface area contributed by atoms with Crippen LogP contribution in [0.5, 0.6) is 0 Å². The minimum absolute atomic E-state index is 0.0786. The van der Waals surface area contributed by atoms with E-state index >= 15 is 0 Å². The van der Waals surface area contributed by atoms with Crippen LogP contribution >= 0.6 is 0 Å². The van der Waals surface area contributed by atoms with E-state index in [-0.39, 0.29) is 10.6 Å². The Kier molecular flexibility index (Phi) is 4.52. The molecule has 0 saturated heterocycles. The number of fused-ring (bicyclic) bond motifs is 1. The number of pyridine rings is 1. The Labute approximate surface area is 146 Å². The van der Waals surface area contributed by atoms with Gasteiger partial charge in [-0.25, -0.2) is 0 Å². The van der Waals surface area contributed by atoms with Crippen molar-refractivity contribution in [2.75, 3.05) is 30.9 Å². The first-order chi connectivity index (χ1) is 12.0. The molecular formula is C19H20N4O2. The van der Waals surface area contributed by atoms with Crippen LogP contribution in [0.25, 0.3) is 10.9 Å². The maximum Gasteiger partial charge on any atom is 0.278 e. The average molecular weight is 336 g/mol. The minimum Gasteiger partial charge on any atom is -0.378 e. The molecule has 0 amide bonds. The molecule has 0 aliphatic carbocycles. The molecule has 0 aliphatic heterocycles. The minimum atomic E-state index is -0.367. The van der Waals surface area contributed by atoms with Crippen LogP contribution < -0.4 is 9.80 Å². The molecule has 0 aliphatic rings. The van der Waals surface area contributed by atoms with Crippen molar-refractivity contribution < 1.29 is 4.92 Å². The second-order valence-electron chi connectivity index (χ2n) is 6.18. The topological polar surface area (TPSA) is 62.5 Å². The van der Waals surface area contributed by atoms with E-state index in [1.165, 1.54) is 0 Å². The third-order valence-corrected chi connectivity index (χ3v) is 4.18. The second kappa shape index (κ2) is 6.76. The van der Waals surface area contributed by atoms with Crippen molar-refractivity contribution in [1.29, 1.82) is 0 Å². The molecule has 0 bridgehead atoms. The first kappa shape index (κ1) is 16.7. The fourth-order valence-corrected chi connectivity index (χ4v) is 2.90. The van der Waals surface area contributed by atoms with Gasteiger partial charge in [0.1, 0.15) is 5.52 Å². The highest BCUT2D eigenvalue weighted by Gasteiger charge is 2.17. The Morgan fingerprint density at radius 3 is 2.60 bits per heavy atom. The molecule has 6 nitrogen and oxygen atoms in total. The lowest BCUT2D eigenvalue weighted by Gasteiger charge is -2.22. The zero-order valence-corrected chi connectivity index (χ0v) is 14.5. The number of nitrogens with zero attached hydrogens (tertiary/aromatic N) is 4. The number of nitro groups is 1. The van der Waals surface area contributed by atoms with Gasteiger partial charge in [0.05, 0.1) is 16.0 Å². The second-order valence-corrected chi connectivity index (χ2v) is 6.18. The third-order valence-electron chi connectivity index (χ3n) is 4.18. The van der Waals surface area contributed by atoms with Gasteiger partial charge in [-0.3, -0.25) is 15.1 Å². The van der Waals surface area contributed by atoms with Crippen LogP contribution in [0.3, 0.4) is 0 Å². The van der Waals surface area contributed by atoms with Gasteiger partial charge in [-0.2, -0.15) is 0 Å². The van der Waals surface area contributed by atoms with Crippen molar-refractivity contribution in [1.82, 2.24) is 4.98 Å². The van der Waals surface area contributed by atoms with Gasteiger partial charge in [-0.15, -0.1) is 0 Å². The largest absolute Gasteiger partial charge is 0.378 e. The van der Waals surface area contributed by atoms with Crippen LogP contribution in [0.1, 0.15) is 5.56 Å². The number of aromatic nitrogens is 1. The molecule has 0 saturated carbocycles. The molecular weight excluding hydrogens is 316 g/mol. The molecule has 0 N–H and O–H groups in total. The van der Waals surface area contributed by atoms with Crippen molar-refractivity contribution in [2.45, 2.75) is 6.54 Å². The molecule has 128 valence electrons. The van der Waals surface area contributed by atoms with Crippen LogP contribution in [0, 0.1) is 10.1 Å². The zero-order valence-electron chi connectivity index (χ0n) is 14.5. The summed E-state index contributed by atoms with van der Waals surface area (Å²) in [5, 5.41) is 11.8. The summed E-state index contributed by atoms with van der Waals surface area (Å²) in [5.41, 5.74) is 3.89. The van der Waals surface area contributed by atoms with Crippen LogP contribution in [0.15, 0.2) is 54.7 Å². The predicted molar refractivity (Wildman–Crippen MR) is 101 cm³/mol. The van der Waals surface area contributed by atoms with Gasteiger partial charge < -0.3 is 9.80 Å². The van der Waals surface area contributed by atoms with Gasteiger partial charge >= 0.3 is 0 Å². The molecule has 2 aromatic carbocycles. The maximum absolute atomic E-state index is 11.2. The molecule has 1 aromatic heterocycles. The number of nitro benzene ring substituents is 1. The van der Waals surface area contributed by atoms with E-state index in [0.717, 1.165) is 16.9 Å². The fourth-order valence-electron chi connectivity index (χ4n) is 2.90. The third kappa shape index (κ3) is 3.38. The number of anilines is 2.